The van der Waals surface area contributed by atoms with Gasteiger partial charge in [0.25, 0.3) is 0 Å². The molecule has 0 saturated carbocycles. The minimum Gasteiger partial charge on any atom is -0.379 e. The first-order valence-electron chi connectivity index (χ1n) is 7.18. The van der Waals surface area contributed by atoms with Crippen molar-refractivity contribution in [2.45, 2.75) is 33.2 Å². The van der Waals surface area contributed by atoms with Crippen LogP contribution in [0.5, 0.6) is 0 Å². The van der Waals surface area contributed by atoms with Crippen LogP contribution in [-0.2, 0) is 9.53 Å². The maximum atomic E-state index is 12.4. The maximum absolute atomic E-state index is 12.4. The molecule has 1 aromatic heterocycles. The summed E-state index contributed by atoms with van der Waals surface area (Å²) in [7, 11) is 0. The second-order valence-electron chi connectivity index (χ2n) is 5.28. The first-order valence-corrected chi connectivity index (χ1v) is 7.18. The highest BCUT2D eigenvalue weighted by Crippen LogP contribution is 2.18. The molecule has 1 fully saturated rings. The Balaban J connectivity index is 2.00. The topological polar surface area (TPSA) is 63.2 Å². The first kappa shape index (κ1) is 14.9. The highest BCUT2D eigenvalue weighted by Gasteiger charge is 2.33. The predicted molar refractivity (Wildman–Crippen MR) is 78.7 cm³/mol. The molecular weight excluding hydrogens is 254 g/mol. The van der Waals surface area contributed by atoms with Crippen molar-refractivity contribution >= 4 is 11.6 Å². The largest absolute Gasteiger partial charge is 0.379 e. The van der Waals surface area contributed by atoms with E-state index in [1.165, 1.54) is 0 Å². The molecule has 0 spiro atoms. The fourth-order valence-electron chi connectivity index (χ4n) is 2.39. The van der Waals surface area contributed by atoms with E-state index in [1.54, 1.807) is 0 Å². The van der Waals surface area contributed by atoms with Gasteiger partial charge >= 0.3 is 0 Å². The summed E-state index contributed by atoms with van der Waals surface area (Å²) in [6.45, 7) is 7.94. The molecule has 5 heteroatoms. The Kier molecular flexibility index (Phi) is 5.09. The number of rotatable bonds is 5. The summed E-state index contributed by atoms with van der Waals surface area (Å²) in [6, 6.07) is 3.91. The summed E-state index contributed by atoms with van der Waals surface area (Å²) >= 11 is 0. The molecule has 0 aromatic carbocycles. The standard InChI is InChI=1S/C15H23N3O2/c1-4-7-16-14-9-20-8-12(14)15(19)18-13-6-5-10(2)17-11(13)3/h5-6,12,14,16H,4,7-9H2,1-3H3,(H,18,19). The van der Waals surface area contributed by atoms with E-state index in [1.807, 2.05) is 26.0 Å². The highest BCUT2D eigenvalue weighted by molar-refractivity contribution is 5.93. The molecule has 2 unspecified atom stereocenters. The zero-order valence-corrected chi connectivity index (χ0v) is 12.4. The van der Waals surface area contributed by atoms with Crippen LogP contribution in [0.15, 0.2) is 12.1 Å². The third kappa shape index (κ3) is 3.55. The molecule has 110 valence electrons. The first-order chi connectivity index (χ1) is 9.61. The lowest BCUT2D eigenvalue weighted by molar-refractivity contribution is -0.120. The molecular formula is C15H23N3O2. The second-order valence-corrected chi connectivity index (χ2v) is 5.28. The van der Waals surface area contributed by atoms with Gasteiger partial charge in [0, 0.05) is 11.7 Å². The van der Waals surface area contributed by atoms with E-state index in [2.05, 4.69) is 22.5 Å². The number of amides is 1. The van der Waals surface area contributed by atoms with Gasteiger partial charge in [0.05, 0.1) is 30.5 Å². The van der Waals surface area contributed by atoms with E-state index >= 15 is 0 Å². The molecule has 1 saturated heterocycles. The minimum atomic E-state index is -0.137. The molecule has 1 aliphatic rings. The Bertz CT molecular complexity index is 476. The number of pyridine rings is 1. The lowest BCUT2D eigenvalue weighted by atomic mass is 10.0. The van der Waals surface area contributed by atoms with E-state index < -0.39 is 0 Å². The molecule has 2 atom stereocenters. The molecule has 0 radical (unpaired) electrons. The number of aromatic nitrogens is 1. The fraction of sp³-hybridized carbons (Fsp3) is 0.600. The van der Waals surface area contributed by atoms with Crippen LogP contribution >= 0.6 is 0 Å². The summed E-state index contributed by atoms with van der Waals surface area (Å²) in [5, 5.41) is 6.33. The van der Waals surface area contributed by atoms with Crippen LogP contribution in [-0.4, -0.2) is 36.7 Å². The van der Waals surface area contributed by atoms with Crippen LogP contribution in [0.3, 0.4) is 0 Å². The monoisotopic (exact) mass is 277 g/mol. The van der Waals surface area contributed by atoms with Gasteiger partial charge in [-0.1, -0.05) is 6.92 Å². The van der Waals surface area contributed by atoms with Crippen molar-refractivity contribution in [3.63, 3.8) is 0 Å². The Morgan fingerprint density at radius 2 is 2.20 bits per heavy atom. The molecule has 1 aliphatic heterocycles. The van der Waals surface area contributed by atoms with Gasteiger partial charge < -0.3 is 15.4 Å². The predicted octanol–water partition coefficient (Wildman–Crippen LogP) is 1.65. The summed E-state index contributed by atoms with van der Waals surface area (Å²) in [6.07, 6.45) is 1.05. The number of anilines is 1. The van der Waals surface area contributed by atoms with E-state index in [0.717, 1.165) is 30.0 Å². The average Bonchev–Trinajstić information content (AvgIpc) is 2.88. The second kappa shape index (κ2) is 6.81. The zero-order valence-electron chi connectivity index (χ0n) is 12.4. The van der Waals surface area contributed by atoms with Crippen molar-refractivity contribution in [1.29, 1.82) is 0 Å². The van der Waals surface area contributed by atoms with Crippen molar-refractivity contribution in [3.8, 4) is 0 Å². The van der Waals surface area contributed by atoms with Crippen LogP contribution in [0, 0.1) is 19.8 Å². The lowest BCUT2D eigenvalue weighted by Crippen LogP contribution is -2.41. The molecule has 1 aromatic rings. The number of hydrogen-bond donors (Lipinski definition) is 2. The molecule has 2 heterocycles. The lowest BCUT2D eigenvalue weighted by Gasteiger charge is -2.19. The van der Waals surface area contributed by atoms with Gasteiger partial charge in [-0.05, 0) is 38.9 Å². The normalized spacial score (nSPS) is 21.9. The summed E-state index contributed by atoms with van der Waals surface area (Å²) < 4.78 is 5.44. The number of hydrogen-bond acceptors (Lipinski definition) is 4. The van der Waals surface area contributed by atoms with Gasteiger partial charge in [-0.25, -0.2) is 0 Å². The van der Waals surface area contributed by atoms with Crippen LogP contribution < -0.4 is 10.6 Å². The summed E-state index contributed by atoms with van der Waals surface area (Å²) in [4.78, 5) is 16.7. The SMILES string of the molecule is CCCNC1COCC1C(=O)Nc1ccc(C)nc1C. The number of carbonyl (C=O) groups excluding carboxylic acids is 1. The summed E-state index contributed by atoms with van der Waals surface area (Å²) in [5.74, 6) is -0.132. The Morgan fingerprint density at radius 1 is 1.40 bits per heavy atom. The van der Waals surface area contributed by atoms with Gasteiger partial charge in [-0.2, -0.15) is 0 Å². The van der Waals surface area contributed by atoms with Crippen molar-refractivity contribution < 1.29 is 9.53 Å². The average molecular weight is 277 g/mol. The number of ether oxygens (including phenoxy) is 1. The number of aryl methyl sites for hydroxylation is 2. The highest BCUT2D eigenvalue weighted by atomic mass is 16.5. The number of carbonyl (C=O) groups is 1. The zero-order chi connectivity index (χ0) is 14.5. The van der Waals surface area contributed by atoms with Crippen LogP contribution in [0.1, 0.15) is 24.7 Å². The maximum Gasteiger partial charge on any atom is 0.231 e. The van der Waals surface area contributed by atoms with Crippen LogP contribution in [0.4, 0.5) is 5.69 Å². The number of nitrogens with zero attached hydrogens (tertiary/aromatic N) is 1. The smallest absolute Gasteiger partial charge is 0.231 e. The van der Waals surface area contributed by atoms with Gasteiger partial charge in [0.2, 0.25) is 5.91 Å². The van der Waals surface area contributed by atoms with E-state index in [9.17, 15) is 4.79 Å². The van der Waals surface area contributed by atoms with Gasteiger partial charge in [0.15, 0.2) is 0 Å². The molecule has 2 rings (SSSR count). The number of nitrogens with one attached hydrogen (secondary N) is 2. The van der Waals surface area contributed by atoms with Crippen LogP contribution in [0.2, 0.25) is 0 Å². The summed E-state index contributed by atoms with van der Waals surface area (Å²) in [5.41, 5.74) is 2.57. The third-order valence-electron chi connectivity index (χ3n) is 3.56. The molecule has 1 amide bonds. The van der Waals surface area contributed by atoms with Gasteiger partial charge in [-0.3, -0.25) is 9.78 Å². The van der Waals surface area contributed by atoms with Gasteiger partial charge in [-0.15, -0.1) is 0 Å². The van der Waals surface area contributed by atoms with E-state index in [0.29, 0.717) is 13.2 Å². The van der Waals surface area contributed by atoms with E-state index in [4.69, 9.17) is 4.74 Å². The van der Waals surface area contributed by atoms with E-state index in [-0.39, 0.29) is 17.9 Å². The molecule has 0 aliphatic carbocycles. The fourth-order valence-corrected chi connectivity index (χ4v) is 2.39. The molecule has 20 heavy (non-hydrogen) atoms. The minimum absolute atomic E-state index is 0.00450. The molecule has 0 bridgehead atoms. The Hall–Kier alpha value is -1.46. The third-order valence-corrected chi connectivity index (χ3v) is 3.56. The quantitative estimate of drug-likeness (QED) is 0.859. The molecule has 5 nitrogen and oxygen atoms in total. The Morgan fingerprint density at radius 3 is 2.90 bits per heavy atom. The van der Waals surface area contributed by atoms with Crippen molar-refractivity contribution in [1.82, 2.24) is 10.3 Å². The molecule has 2 N–H and O–H groups in total. The van der Waals surface area contributed by atoms with Crippen molar-refractivity contribution in [3.05, 3.63) is 23.5 Å². The van der Waals surface area contributed by atoms with Crippen molar-refractivity contribution in [2.75, 3.05) is 25.1 Å². The Labute approximate surface area is 120 Å². The van der Waals surface area contributed by atoms with Gasteiger partial charge in [0.1, 0.15) is 0 Å². The van der Waals surface area contributed by atoms with Crippen LogP contribution in [0.25, 0.3) is 0 Å². The van der Waals surface area contributed by atoms with Crippen molar-refractivity contribution in [2.24, 2.45) is 5.92 Å².